The van der Waals surface area contributed by atoms with Crippen LogP contribution in [0.3, 0.4) is 0 Å². The van der Waals surface area contributed by atoms with Crippen molar-refractivity contribution in [1.82, 2.24) is 0 Å². The van der Waals surface area contributed by atoms with Gasteiger partial charge in [0.2, 0.25) is 0 Å². The molecule has 0 fully saturated rings. The van der Waals surface area contributed by atoms with Gasteiger partial charge in [0.05, 0.1) is 0 Å². The zero-order valence-corrected chi connectivity index (χ0v) is 7.54. The summed E-state index contributed by atoms with van der Waals surface area (Å²) in [4.78, 5) is 0. The zero-order valence-electron chi connectivity index (χ0n) is 5.20. The maximum absolute atomic E-state index is 5.66. The summed E-state index contributed by atoms with van der Waals surface area (Å²) >= 11 is 8.98. The van der Waals surface area contributed by atoms with E-state index in [1.807, 2.05) is 0 Å². The van der Waals surface area contributed by atoms with Gasteiger partial charge in [-0.2, -0.15) is 0 Å². The minimum atomic E-state index is 0.495. The molecule has 0 amide bonds. The molecule has 0 bridgehead atoms. The Labute approximate surface area is 73.3 Å². The maximum Gasteiger partial charge on any atom is 0.0488 e. The molecule has 1 aromatic rings. The molecule has 0 atom stereocenters. The van der Waals surface area contributed by atoms with Gasteiger partial charge in [0, 0.05) is 22.1 Å². The maximum atomic E-state index is 5.66. The van der Waals surface area contributed by atoms with Crippen LogP contribution < -0.4 is 5.73 Å². The summed E-state index contributed by atoms with van der Waals surface area (Å²) in [5.74, 6) is 0. The van der Waals surface area contributed by atoms with Gasteiger partial charge >= 0.3 is 0 Å². The van der Waals surface area contributed by atoms with E-state index >= 15 is 0 Å². The molecule has 1 nitrogen and oxygen atoms in total. The molecule has 0 aliphatic heterocycles. The second-order valence-corrected chi connectivity index (χ2v) is 3.12. The van der Waals surface area contributed by atoms with E-state index in [4.69, 9.17) is 17.3 Å². The lowest BCUT2D eigenvalue weighted by atomic mass is 10.2. The van der Waals surface area contributed by atoms with E-state index in [1.54, 1.807) is 12.1 Å². The van der Waals surface area contributed by atoms with Gasteiger partial charge in [-0.25, -0.2) is 0 Å². The fraction of sp³-hybridized carbons (Fsp3) is 0.143. The first-order chi connectivity index (χ1) is 4.74. The van der Waals surface area contributed by atoms with Crippen LogP contribution in [0.5, 0.6) is 0 Å². The molecule has 10 heavy (non-hydrogen) atoms. The molecule has 1 radical (unpaired) electrons. The summed E-state index contributed by atoms with van der Waals surface area (Å²) in [5, 5.41) is 0.601. The zero-order chi connectivity index (χ0) is 7.56. The lowest BCUT2D eigenvalue weighted by Crippen LogP contribution is -1.96. The first-order valence-electron chi connectivity index (χ1n) is 2.79. The highest BCUT2D eigenvalue weighted by Gasteiger charge is 1.96. The summed E-state index contributed by atoms with van der Waals surface area (Å²) in [6.07, 6.45) is 0. The van der Waals surface area contributed by atoms with Crippen molar-refractivity contribution in [1.29, 1.82) is 0 Å². The first kappa shape index (κ1) is 8.05. The normalized spacial score (nSPS) is 9.90. The summed E-state index contributed by atoms with van der Waals surface area (Å²) in [6, 6.07) is 6.40. The second kappa shape index (κ2) is 3.37. The SMILES string of the molecule is NCc1cc(Cl)[c]cc1Br. The number of hydrogen-bond donors (Lipinski definition) is 1. The summed E-state index contributed by atoms with van der Waals surface area (Å²) in [5.41, 5.74) is 6.42. The van der Waals surface area contributed by atoms with Crippen molar-refractivity contribution in [3.05, 3.63) is 33.3 Å². The van der Waals surface area contributed by atoms with E-state index in [9.17, 15) is 0 Å². The number of halogens is 2. The molecule has 0 aromatic heterocycles. The van der Waals surface area contributed by atoms with E-state index in [1.165, 1.54) is 0 Å². The van der Waals surface area contributed by atoms with E-state index in [0.717, 1.165) is 10.0 Å². The second-order valence-electron chi connectivity index (χ2n) is 1.86. The van der Waals surface area contributed by atoms with Crippen LogP contribution in [0.15, 0.2) is 16.6 Å². The topological polar surface area (TPSA) is 26.0 Å². The highest BCUT2D eigenvalue weighted by molar-refractivity contribution is 9.10. The quantitative estimate of drug-likeness (QED) is 0.771. The average Bonchev–Trinajstić information content (AvgIpc) is 1.94. The molecule has 0 spiro atoms. The lowest BCUT2D eigenvalue weighted by molar-refractivity contribution is 1.06. The Kier molecular flexibility index (Phi) is 2.72. The average molecular weight is 219 g/mol. The molecule has 53 valence electrons. The molecule has 0 saturated heterocycles. The van der Waals surface area contributed by atoms with E-state index in [2.05, 4.69) is 22.0 Å². The Hall–Kier alpha value is -0.0500. The van der Waals surface area contributed by atoms with Crippen molar-refractivity contribution in [3.8, 4) is 0 Å². The van der Waals surface area contributed by atoms with Gasteiger partial charge in [0.15, 0.2) is 0 Å². The minimum absolute atomic E-state index is 0.495. The largest absolute Gasteiger partial charge is 0.326 e. The molecule has 1 rings (SSSR count). The van der Waals surface area contributed by atoms with Gasteiger partial charge in [-0.05, 0) is 17.7 Å². The summed E-state index contributed by atoms with van der Waals surface area (Å²) < 4.78 is 0.958. The van der Waals surface area contributed by atoms with Crippen LogP contribution >= 0.6 is 27.5 Å². The van der Waals surface area contributed by atoms with Crippen molar-refractivity contribution >= 4 is 27.5 Å². The van der Waals surface area contributed by atoms with E-state index < -0.39 is 0 Å². The van der Waals surface area contributed by atoms with Gasteiger partial charge in [-0.15, -0.1) is 0 Å². The molecule has 1 aromatic carbocycles. The molecule has 0 heterocycles. The van der Waals surface area contributed by atoms with Gasteiger partial charge in [-0.1, -0.05) is 27.5 Å². The molecule has 0 aliphatic rings. The standard InChI is InChI=1S/C7H6BrClN/c8-7-2-1-6(9)3-5(7)4-10/h2-3H,4,10H2. The molecule has 0 unspecified atom stereocenters. The Morgan fingerprint density at radius 2 is 2.40 bits per heavy atom. The van der Waals surface area contributed by atoms with Crippen LogP contribution in [-0.2, 0) is 6.54 Å². The fourth-order valence-corrected chi connectivity index (χ4v) is 1.22. The minimum Gasteiger partial charge on any atom is -0.326 e. The van der Waals surface area contributed by atoms with Gasteiger partial charge in [0.25, 0.3) is 0 Å². The van der Waals surface area contributed by atoms with Crippen LogP contribution in [0, 0.1) is 6.07 Å². The lowest BCUT2D eigenvalue weighted by Gasteiger charge is -1.99. The third-order valence-electron chi connectivity index (χ3n) is 1.16. The van der Waals surface area contributed by atoms with Crippen LogP contribution in [0.2, 0.25) is 5.02 Å². The Morgan fingerprint density at radius 3 is 2.90 bits per heavy atom. The molecule has 2 N–H and O–H groups in total. The molecule has 0 aliphatic carbocycles. The molecule has 0 saturated carbocycles. The van der Waals surface area contributed by atoms with Crippen molar-refractivity contribution < 1.29 is 0 Å². The predicted octanol–water partition coefficient (Wildman–Crippen LogP) is 2.36. The van der Waals surface area contributed by atoms with Gasteiger partial charge in [0.1, 0.15) is 0 Å². The van der Waals surface area contributed by atoms with Crippen LogP contribution in [0.1, 0.15) is 5.56 Å². The fourth-order valence-electron chi connectivity index (χ4n) is 0.645. The van der Waals surface area contributed by atoms with Crippen molar-refractivity contribution in [2.24, 2.45) is 5.73 Å². The molecular weight excluding hydrogens is 213 g/mol. The molecule has 3 heteroatoms. The third kappa shape index (κ3) is 1.72. The Morgan fingerprint density at radius 1 is 1.70 bits per heavy atom. The monoisotopic (exact) mass is 218 g/mol. The van der Waals surface area contributed by atoms with Crippen LogP contribution in [-0.4, -0.2) is 0 Å². The third-order valence-corrected chi connectivity index (χ3v) is 2.12. The molecular formula is C7H6BrClN. The van der Waals surface area contributed by atoms with Crippen molar-refractivity contribution in [2.75, 3.05) is 0 Å². The van der Waals surface area contributed by atoms with E-state index in [0.29, 0.717) is 11.6 Å². The number of benzene rings is 1. The number of rotatable bonds is 1. The van der Waals surface area contributed by atoms with Crippen molar-refractivity contribution in [3.63, 3.8) is 0 Å². The van der Waals surface area contributed by atoms with Crippen LogP contribution in [0.25, 0.3) is 0 Å². The predicted molar refractivity (Wildman–Crippen MR) is 45.9 cm³/mol. The summed E-state index contributed by atoms with van der Waals surface area (Å²) in [6.45, 7) is 0.495. The van der Waals surface area contributed by atoms with Gasteiger partial charge in [-0.3, -0.25) is 0 Å². The van der Waals surface area contributed by atoms with Crippen LogP contribution in [0.4, 0.5) is 0 Å². The highest BCUT2D eigenvalue weighted by Crippen LogP contribution is 2.19. The Balaban J connectivity index is 3.09. The first-order valence-corrected chi connectivity index (χ1v) is 3.97. The summed E-state index contributed by atoms with van der Waals surface area (Å²) in [7, 11) is 0. The smallest absolute Gasteiger partial charge is 0.0488 e. The van der Waals surface area contributed by atoms with E-state index in [-0.39, 0.29) is 0 Å². The highest BCUT2D eigenvalue weighted by atomic mass is 79.9. The van der Waals surface area contributed by atoms with Gasteiger partial charge < -0.3 is 5.73 Å². The number of nitrogens with two attached hydrogens (primary N) is 1. The number of hydrogen-bond acceptors (Lipinski definition) is 1. The Bertz CT molecular complexity index is 237. The van der Waals surface area contributed by atoms with Crippen molar-refractivity contribution in [2.45, 2.75) is 6.54 Å².